The topological polar surface area (TPSA) is 57.6 Å². The second kappa shape index (κ2) is 8.37. The highest BCUT2D eigenvalue weighted by atomic mass is 32.2. The Labute approximate surface area is 151 Å². The highest BCUT2D eigenvalue weighted by Gasteiger charge is 2.26. The van der Waals surface area contributed by atoms with E-state index in [9.17, 15) is 8.42 Å². The summed E-state index contributed by atoms with van der Waals surface area (Å²) in [6, 6.07) is 7.70. The van der Waals surface area contributed by atoms with Gasteiger partial charge in [0, 0.05) is 18.3 Å². The Morgan fingerprint density at radius 3 is 1.76 bits per heavy atom. The van der Waals surface area contributed by atoms with Crippen LogP contribution in [0.4, 0.5) is 0 Å². The Hall–Kier alpha value is -1.33. The average Bonchev–Trinajstić information content (AvgIpc) is 2.63. The van der Waals surface area contributed by atoms with Crippen LogP contribution >= 0.6 is 0 Å². The van der Waals surface area contributed by atoms with Crippen LogP contribution in [0.25, 0.3) is 6.08 Å². The fourth-order valence-corrected chi connectivity index (χ4v) is 4.70. The summed E-state index contributed by atoms with van der Waals surface area (Å²) in [4.78, 5) is 2.54. The maximum atomic E-state index is 11.2. The van der Waals surface area contributed by atoms with E-state index in [0.29, 0.717) is 12.1 Å². The lowest BCUT2D eigenvalue weighted by atomic mass is 9.89. The normalized spacial score (nSPS) is 20.8. The fourth-order valence-electron chi connectivity index (χ4n) is 4.22. The number of nitrogens with zero attached hydrogens (tertiary/aromatic N) is 1. The van der Waals surface area contributed by atoms with Gasteiger partial charge < -0.3 is 4.90 Å². The summed E-state index contributed by atoms with van der Waals surface area (Å²) in [6.07, 6.45) is 17.4. The van der Waals surface area contributed by atoms with Crippen LogP contribution in [0.1, 0.15) is 69.8 Å². The Morgan fingerprint density at radius 1 is 0.840 bits per heavy atom. The van der Waals surface area contributed by atoms with Crippen molar-refractivity contribution in [2.75, 3.05) is 0 Å². The molecule has 0 bridgehead atoms. The van der Waals surface area contributed by atoms with E-state index in [4.69, 9.17) is 4.55 Å². The molecule has 0 atom stereocenters. The van der Waals surface area contributed by atoms with Crippen LogP contribution in [0.3, 0.4) is 0 Å². The van der Waals surface area contributed by atoms with E-state index in [0.717, 1.165) is 5.56 Å². The molecule has 2 saturated carbocycles. The molecule has 0 heterocycles. The molecule has 0 amide bonds. The predicted molar refractivity (Wildman–Crippen MR) is 101 cm³/mol. The molecule has 0 aromatic heterocycles. The van der Waals surface area contributed by atoms with Gasteiger partial charge in [-0.25, -0.2) is 0 Å². The van der Waals surface area contributed by atoms with Crippen molar-refractivity contribution >= 4 is 16.2 Å². The van der Waals surface area contributed by atoms with Gasteiger partial charge in [0.05, 0.1) is 4.90 Å². The predicted octanol–water partition coefficient (Wildman–Crippen LogP) is 4.87. The summed E-state index contributed by atoms with van der Waals surface area (Å²) in [5.74, 6) is 0. The van der Waals surface area contributed by atoms with Crippen LogP contribution in [0.2, 0.25) is 0 Å². The molecular weight excluding hydrogens is 334 g/mol. The smallest absolute Gasteiger partial charge is 0.294 e. The van der Waals surface area contributed by atoms with Crippen LogP contribution in [0, 0.1) is 0 Å². The SMILES string of the molecule is O=S(=O)(O)c1ccc(C=CN(C2CCCCC2)C2CCCCC2)cc1. The average molecular weight is 364 g/mol. The summed E-state index contributed by atoms with van der Waals surface area (Å²) in [7, 11) is -4.12. The van der Waals surface area contributed by atoms with E-state index in [-0.39, 0.29) is 4.90 Å². The molecule has 0 aliphatic heterocycles. The van der Waals surface area contributed by atoms with Gasteiger partial charge in [0.15, 0.2) is 0 Å². The molecular formula is C20H29NO3S. The number of hydrogen-bond donors (Lipinski definition) is 1. The van der Waals surface area contributed by atoms with Crippen molar-refractivity contribution in [2.24, 2.45) is 0 Å². The lowest BCUT2D eigenvalue weighted by Crippen LogP contribution is -2.41. The molecule has 1 N–H and O–H groups in total. The third-order valence-corrected chi connectivity index (χ3v) is 6.48. The third-order valence-electron chi connectivity index (χ3n) is 5.61. The summed E-state index contributed by atoms with van der Waals surface area (Å²) >= 11 is 0. The van der Waals surface area contributed by atoms with Crippen LogP contribution < -0.4 is 0 Å². The summed E-state index contributed by atoms with van der Waals surface area (Å²) in [5.41, 5.74) is 0.962. The second-order valence-electron chi connectivity index (χ2n) is 7.39. The van der Waals surface area contributed by atoms with Gasteiger partial charge in [-0.05, 0) is 49.5 Å². The Morgan fingerprint density at radius 2 is 1.32 bits per heavy atom. The molecule has 4 nitrogen and oxygen atoms in total. The Kier molecular flexibility index (Phi) is 6.18. The first kappa shape index (κ1) is 18.5. The van der Waals surface area contributed by atoms with E-state index in [1.807, 2.05) is 0 Å². The lowest BCUT2D eigenvalue weighted by Gasteiger charge is -2.41. The van der Waals surface area contributed by atoms with E-state index in [1.54, 1.807) is 12.1 Å². The van der Waals surface area contributed by atoms with Gasteiger partial charge in [-0.3, -0.25) is 4.55 Å². The number of hydrogen-bond acceptors (Lipinski definition) is 3. The van der Waals surface area contributed by atoms with Crippen LogP contribution in [-0.4, -0.2) is 30.0 Å². The van der Waals surface area contributed by atoms with Crippen LogP contribution in [0.15, 0.2) is 35.4 Å². The van der Waals surface area contributed by atoms with Gasteiger partial charge >= 0.3 is 0 Å². The minimum Gasteiger partial charge on any atom is -0.371 e. The minimum absolute atomic E-state index is 0.0546. The summed E-state index contributed by atoms with van der Waals surface area (Å²) < 4.78 is 31.4. The van der Waals surface area contributed by atoms with Gasteiger partial charge in [0.1, 0.15) is 0 Å². The zero-order chi connectivity index (χ0) is 17.7. The second-order valence-corrected chi connectivity index (χ2v) is 8.81. The quantitative estimate of drug-likeness (QED) is 0.758. The molecule has 2 fully saturated rings. The maximum absolute atomic E-state index is 11.2. The molecule has 0 saturated heterocycles. The first-order valence-corrected chi connectivity index (χ1v) is 11.0. The van der Waals surface area contributed by atoms with E-state index in [1.165, 1.54) is 76.3 Å². The van der Waals surface area contributed by atoms with Gasteiger partial charge in [-0.15, -0.1) is 0 Å². The van der Waals surface area contributed by atoms with Crippen molar-refractivity contribution in [3.63, 3.8) is 0 Å². The summed E-state index contributed by atoms with van der Waals surface area (Å²) in [6.45, 7) is 0. The Balaban J connectivity index is 1.75. The van der Waals surface area contributed by atoms with Crippen molar-refractivity contribution < 1.29 is 13.0 Å². The molecule has 0 radical (unpaired) electrons. The number of benzene rings is 1. The molecule has 25 heavy (non-hydrogen) atoms. The summed E-state index contributed by atoms with van der Waals surface area (Å²) in [5, 5.41) is 0. The molecule has 1 aromatic rings. The van der Waals surface area contributed by atoms with Crippen molar-refractivity contribution in [1.82, 2.24) is 4.90 Å². The molecule has 2 aliphatic rings. The number of rotatable bonds is 5. The first-order chi connectivity index (χ1) is 12.0. The standard InChI is InChI=1S/C20H29NO3S/c22-25(23,24)20-13-11-17(12-14-20)15-16-21(18-7-3-1-4-8-18)19-9-5-2-6-10-19/h11-16,18-19H,1-10H2,(H,22,23,24). The van der Waals surface area contributed by atoms with Gasteiger partial charge in [-0.1, -0.05) is 50.7 Å². The molecule has 0 unspecified atom stereocenters. The zero-order valence-corrected chi connectivity index (χ0v) is 15.6. The molecule has 2 aliphatic carbocycles. The van der Waals surface area contributed by atoms with Crippen LogP contribution in [0.5, 0.6) is 0 Å². The lowest BCUT2D eigenvalue weighted by molar-refractivity contribution is 0.135. The van der Waals surface area contributed by atoms with Gasteiger partial charge in [-0.2, -0.15) is 8.42 Å². The maximum Gasteiger partial charge on any atom is 0.294 e. The first-order valence-electron chi connectivity index (χ1n) is 9.57. The third kappa shape index (κ3) is 5.08. The molecule has 138 valence electrons. The monoisotopic (exact) mass is 363 g/mol. The fraction of sp³-hybridized carbons (Fsp3) is 0.600. The van der Waals surface area contributed by atoms with Crippen LogP contribution in [-0.2, 0) is 10.1 Å². The van der Waals surface area contributed by atoms with Crippen molar-refractivity contribution in [2.45, 2.75) is 81.2 Å². The zero-order valence-electron chi connectivity index (χ0n) is 14.8. The van der Waals surface area contributed by atoms with Gasteiger partial charge in [0.2, 0.25) is 0 Å². The molecule has 3 rings (SSSR count). The van der Waals surface area contributed by atoms with Gasteiger partial charge in [0.25, 0.3) is 10.1 Å². The minimum atomic E-state index is -4.12. The van der Waals surface area contributed by atoms with E-state index < -0.39 is 10.1 Å². The molecule has 5 heteroatoms. The van der Waals surface area contributed by atoms with E-state index in [2.05, 4.69) is 17.2 Å². The van der Waals surface area contributed by atoms with Crippen molar-refractivity contribution in [3.05, 3.63) is 36.0 Å². The molecule has 0 spiro atoms. The van der Waals surface area contributed by atoms with Crippen molar-refractivity contribution in [3.8, 4) is 0 Å². The largest absolute Gasteiger partial charge is 0.371 e. The highest BCUT2D eigenvalue weighted by molar-refractivity contribution is 7.85. The highest BCUT2D eigenvalue weighted by Crippen LogP contribution is 2.30. The van der Waals surface area contributed by atoms with Crippen molar-refractivity contribution in [1.29, 1.82) is 0 Å². The van der Waals surface area contributed by atoms with E-state index >= 15 is 0 Å². The Bertz CT molecular complexity index is 651. The molecule has 1 aromatic carbocycles.